The van der Waals surface area contributed by atoms with Crippen molar-refractivity contribution in [2.45, 2.75) is 51.0 Å². The second-order valence-electron chi connectivity index (χ2n) is 8.72. The highest BCUT2D eigenvalue weighted by molar-refractivity contribution is 5.91. The third kappa shape index (κ3) is 5.89. The van der Waals surface area contributed by atoms with Crippen molar-refractivity contribution in [1.82, 2.24) is 4.90 Å². The highest BCUT2D eigenvalue weighted by atomic mass is 16.3. The Labute approximate surface area is 174 Å². The minimum atomic E-state index is -0.360. The standard InChI is InChI=1S/C25H33NO3/c1-26(2)25(29)11-7-6-10-19-14-20-17-24(28)22(23(20)16-19)13-12-21(27)15-18-8-4-3-5-9-18/h3-5,8-9,12-14,20,22-24,28H,6-7,10-11,15-17H2,1-2H3/b13-12+/t20-,22+,23-,24+/m0/s1. The van der Waals surface area contributed by atoms with E-state index in [1.165, 1.54) is 5.57 Å². The van der Waals surface area contributed by atoms with Crippen LogP contribution in [0.5, 0.6) is 0 Å². The molecule has 4 heteroatoms. The van der Waals surface area contributed by atoms with E-state index in [2.05, 4.69) is 6.08 Å². The van der Waals surface area contributed by atoms with Gasteiger partial charge in [-0.1, -0.05) is 48.1 Å². The summed E-state index contributed by atoms with van der Waals surface area (Å²) in [6.07, 6.45) is 11.4. The molecule has 2 aliphatic rings. The molecule has 3 rings (SSSR count). The zero-order chi connectivity index (χ0) is 20.8. The van der Waals surface area contributed by atoms with Crippen molar-refractivity contribution < 1.29 is 14.7 Å². The predicted molar refractivity (Wildman–Crippen MR) is 115 cm³/mol. The minimum Gasteiger partial charge on any atom is -0.392 e. The van der Waals surface area contributed by atoms with Crippen molar-refractivity contribution in [3.05, 3.63) is 59.7 Å². The minimum absolute atomic E-state index is 0.0591. The maximum absolute atomic E-state index is 12.3. The largest absolute Gasteiger partial charge is 0.392 e. The van der Waals surface area contributed by atoms with Gasteiger partial charge >= 0.3 is 0 Å². The maximum atomic E-state index is 12.3. The summed E-state index contributed by atoms with van der Waals surface area (Å²) in [6, 6.07) is 9.76. The molecular formula is C25H33NO3. The number of hydrogen-bond donors (Lipinski definition) is 1. The Kier molecular flexibility index (Phi) is 7.43. The highest BCUT2D eigenvalue weighted by Crippen LogP contribution is 2.48. The molecule has 156 valence electrons. The summed E-state index contributed by atoms with van der Waals surface area (Å²) in [5, 5.41) is 10.5. The van der Waals surface area contributed by atoms with Crippen LogP contribution < -0.4 is 0 Å². The Hall–Kier alpha value is -2.20. The highest BCUT2D eigenvalue weighted by Gasteiger charge is 2.43. The zero-order valence-corrected chi connectivity index (χ0v) is 17.6. The van der Waals surface area contributed by atoms with E-state index in [4.69, 9.17) is 0 Å². The average Bonchev–Trinajstić information content (AvgIpc) is 3.20. The summed E-state index contributed by atoms with van der Waals surface area (Å²) in [4.78, 5) is 25.6. The van der Waals surface area contributed by atoms with Crippen LogP contribution >= 0.6 is 0 Å². The molecule has 1 aromatic carbocycles. The van der Waals surface area contributed by atoms with Crippen LogP contribution in [0.15, 0.2) is 54.1 Å². The van der Waals surface area contributed by atoms with Gasteiger partial charge in [0.05, 0.1) is 6.10 Å². The summed E-state index contributed by atoms with van der Waals surface area (Å²) >= 11 is 0. The van der Waals surface area contributed by atoms with Gasteiger partial charge in [0.1, 0.15) is 0 Å². The molecule has 1 amide bonds. The Balaban J connectivity index is 1.47. The van der Waals surface area contributed by atoms with Gasteiger partial charge in [-0.3, -0.25) is 9.59 Å². The molecule has 29 heavy (non-hydrogen) atoms. The van der Waals surface area contributed by atoms with Crippen LogP contribution in [-0.2, 0) is 16.0 Å². The average molecular weight is 396 g/mol. The summed E-state index contributed by atoms with van der Waals surface area (Å²) in [5.74, 6) is 1.16. The van der Waals surface area contributed by atoms with Crippen molar-refractivity contribution in [1.29, 1.82) is 0 Å². The summed E-state index contributed by atoms with van der Waals surface area (Å²) in [6.45, 7) is 0. The molecule has 0 aliphatic heterocycles. The first-order valence-corrected chi connectivity index (χ1v) is 10.8. The lowest BCUT2D eigenvalue weighted by molar-refractivity contribution is -0.128. The van der Waals surface area contributed by atoms with E-state index in [1.807, 2.05) is 36.4 Å². The van der Waals surface area contributed by atoms with Gasteiger partial charge in [0.2, 0.25) is 5.91 Å². The number of aliphatic hydroxyl groups is 1. The molecule has 0 radical (unpaired) electrons. The van der Waals surface area contributed by atoms with E-state index in [0.29, 0.717) is 24.7 Å². The Morgan fingerprint density at radius 3 is 2.66 bits per heavy atom. The SMILES string of the molecule is CN(C)C(=O)CCCCC1=C[C@H]2C[C@@H](O)[C@H](/C=C/C(=O)Cc3ccccc3)[C@H]2C1. The summed E-state index contributed by atoms with van der Waals surface area (Å²) in [5.41, 5.74) is 2.47. The van der Waals surface area contributed by atoms with Gasteiger partial charge in [-0.05, 0) is 55.6 Å². The third-order valence-electron chi connectivity index (χ3n) is 6.31. The van der Waals surface area contributed by atoms with E-state index in [-0.39, 0.29) is 23.7 Å². The first-order chi connectivity index (χ1) is 13.9. The van der Waals surface area contributed by atoms with E-state index in [1.54, 1.807) is 25.1 Å². The van der Waals surface area contributed by atoms with Crippen molar-refractivity contribution in [2.75, 3.05) is 14.1 Å². The molecule has 0 bridgehead atoms. The molecule has 2 aliphatic carbocycles. The first kappa shape index (κ1) is 21.5. The molecule has 1 aromatic rings. The second kappa shape index (κ2) is 10.0. The summed E-state index contributed by atoms with van der Waals surface area (Å²) < 4.78 is 0. The number of carbonyl (C=O) groups is 2. The lowest BCUT2D eigenvalue weighted by Gasteiger charge is -2.18. The molecule has 4 atom stereocenters. The molecule has 0 aromatic heterocycles. The number of ketones is 1. The van der Waals surface area contributed by atoms with Gasteiger partial charge in [0, 0.05) is 32.9 Å². The normalized spacial score (nSPS) is 25.8. The molecule has 0 saturated heterocycles. The number of unbranched alkanes of at least 4 members (excludes halogenated alkanes) is 1. The fraction of sp³-hybridized carbons (Fsp3) is 0.520. The van der Waals surface area contributed by atoms with Crippen molar-refractivity contribution in [3.8, 4) is 0 Å². The number of amides is 1. The summed E-state index contributed by atoms with van der Waals surface area (Å²) in [7, 11) is 3.60. The maximum Gasteiger partial charge on any atom is 0.222 e. The van der Waals surface area contributed by atoms with Crippen molar-refractivity contribution >= 4 is 11.7 Å². The molecule has 1 N–H and O–H groups in total. The molecule has 0 heterocycles. The van der Waals surface area contributed by atoms with Gasteiger partial charge in [0.25, 0.3) is 0 Å². The van der Waals surface area contributed by atoms with E-state index >= 15 is 0 Å². The number of aliphatic hydroxyl groups excluding tert-OH is 1. The van der Waals surface area contributed by atoms with Crippen LogP contribution in [0.3, 0.4) is 0 Å². The van der Waals surface area contributed by atoms with Crippen molar-refractivity contribution in [2.24, 2.45) is 17.8 Å². The number of fused-ring (bicyclic) bond motifs is 1. The Morgan fingerprint density at radius 1 is 1.17 bits per heavy atom. The molecule has 4 nitrogen and oxygen atoms in total. The smallest absolute Gasteiger partial charge is 0.222 e. The number of carbonyl (C=O) groups excluding carboxylic acids is 2. The Bertz CT molecular complexity index is 766. The van der Waals surface area contributed by atoms with Crippen molar-refractivity contribution in [3.63, 3.8) is 0 Å². The first-order valence-electron chi connectivity index (χ1n) is 10.8. The van der Waals surface area contributed by atoms with Crippen LogP contribution in [0.1, 0.15) is 44.1 Å². The lowest BCUT2D eigenvalue weighted by atomic mass is 9.88. The van der Waals surface area contributed by atoms with Gasteiger partial charge in [-0.15, -0.1) is 0 Å². The van der Waals surface area contributed by atoms with Crippen LogP contribution in [0, 0.1) is 17.8 Å². The number of rotatable bonds is 9. The Morgan fingerprint density at radius 2 is 1.93 bits per heavy atom. The molecule has 0 unspecified atom stereocenters. The molecule has 1 saturated carbocycles. The second-order valence-corrected chi connectivity index (χ2v) is 8.72. The number of benzene rings is 1. The fourth-order valence-electron chi connectivity index (χ4n) is 4.72. The molecule has 0 spiro atoms. The van der Waals surface area contributed by atoms with Gasteiger partial charge in [-0.2, -0.15) is 0 Å². The van der Waals surface area contributed by atoms with E-state index < -0.39 is 0 Å². The van der Waals surface area contributed by atoms with Crippen LogP contribution in [0.25, 0.3) is 0 Å². The van der Waals surface area contributed by atoms with Crippen LogP contribution in [0.2, 0.25) is 0 Å². The van der Waals surface area contributed by atoms with Gasteiger partial charge < -0.3 is 10.0 Å². The zero-order valence-electron chi connectivity index (χ0n) is 17.6. The van der Waals surface area contributed by atoms with E-state index in [0.717, 1.165) is 37.7 Å². The third-order valence-corrected chi connectivity index (χ3v) is 6.31. The lowest BCUT2D eigenvalue weighted by Crippen LogP contribution is -2.21. The van der Waals surface area contributed by atoms with E-state index in [9.17, 15) is 14.7 Å². The number of nitrogens with zero attached hydrogens (tertiary/aromatic N) is 1. The predicted octanol–water partition coefficient (Wildman–Crippen LogP) is 3.95. The fourth-order valence-corrected chi connectivity index (χ4v) is 4.72. The molecular weight excluding hydrogens is 362 g/mol. The van der Waals surface area contributed by atoms with Crippen LogP contribution in [0.4, 0.5) is 0 Å². The van der Waals surface area contributed by atoms with Gasteiger partial charge in [0.15, 0.2) is 5.78 Å². The quantitative estimate of drug-likeness (QED) is 0.391. The topological polar surface area (TPSA) is 57.6 Å². The number of hydrogen-bond acceptors (Lipinski definition) is 3. The number of allylic oxidation sites excluding steroid dienone is 3. The monoisotopic (exact) mass is 395 g/mol. The van der Waals surface area contributed by atoms with Gasteiger partial charge in [-0.25, -0.2) is 0 Å². The van der Waals surface area contributed by atoms with Crippen LogP contribution in [-0.4, -0.2) is 41.9 Å². The molecule has 1 fully saturated rings.